The van der Waals surface area contributed by atoms with Gasteiger partial charge in [-0.2, -0.15) is 0 Å². The lowest BCUT2D eigenvalue weighted by Crippen LogP contribution is -2.31. The second kappa shape index (κ2) is 6.00. The molecule has 0 aliphatic heterocycles. The molecule has 0 heterocycles. The molecular weight excluding hydrogens is 262 g/mol. The van der Waals surface area contributed by atoms with E-state index in [1.54, 1.807) is 18.2 Å². The number of benzene rings is 2. The first-order valence-electron chi connectivity index (χ1n) is 7.37. The molecule has 2 aromatic rings. The molecule has 0 saturated heterocycles. The smallest absolute Gasteiger partial charge is 0.227 e. The Labute approximate surface area is 124 Å². The molecule has 1 aliphatic carbocycles. The first-order chi connectivity index (χ1) is 10.2. The second-order valence-electron chi connectivity index (χ2n) is 5.53. The summed E-state index contributed by atoms with van der Waals surface area (Å²) in [6.45, 7) is 0.450. The molecule has 108 valence electrons. The summed E-state index contributed by atoms with van der Waals surface area (Å²) < 4.78 is 0. The number of fused-ring (bicyclic) bond motifs is 1. The molecule has 1 atom stereocenters. The normalized spacial score (nSPS) is 17.0. The van der Waals surface area contributed by atoms with Crippen molar-refractivity contribution in [1.82, 2.24) is 5.32 Å². The Morgan fingerprint density at radius 1 is 1.19 bits per heavy atom. The van der Waals surface area contributed by atoms with E-state index >= 15 is 0 Å². The average Bonchev–Trinajstić information content (AvgIpc) is 2.52. The molecule has 0 radical (unpaired) electrons. The molecule has 0 spiro atoms. The van der Waals surface area contributed by atoms with E-state index < -0.39 is 0 Å². The van der Waals surface area contributed by atoms with Crippen LogP contribution >= 0.6 is 0 Å². The third-order valence-corrected chi connectivity index (χ3v) is 4.06. The van der Waals surface area contributed by atoms with E-state index in [1.807, 2.05) is 18.2 Å². The highest BCUT2D eigenvalue weighted by atomic mass is 16.3. The third kappa shape index (κ3) is 3.07. The van der Waals surface area contributed by atoms with Gasteiger partial charge < -0.3 is 10.4 Å². The van der Waals surface area contributed by atoms with Gasteiger partial charge in [0.05, 0.1) is 5.92 Å². The van der Waals surface area contributed by atoms with Crippen LogP contribution in [0.1, 0.15) is 35.4 Å². The number of carbonyl (C=O) groups excluding carboxylic acids is 1. The molecular formula is C18H19NO2. The summed E-state index contributed by atoms with van der Waals surface area (Å²) in [6.07, 6.45) is 3.02. The van der Waals surface area contributed by atoms with Crippen molar-refractivity contribution in [3.8, 4) is 5.75 Å². The lowest BCUT2D eigenvalue weighted by atomic mass is 9.82. The molecule has 3 heteroatoms. The summed E-state index contributed by atoms with van der Waals surface area (Å²) in [5, 5.41) is 12.4. The van der Waals surface area contributed by atoms with Crippen LogP contribution in [0.2, 0.25) is 0 Å². The number of nitrogens with one attached hydrogen (secondary N) is 1. The van der Waals surface area contributed by atoms with E-state index in [4.69, 9.17) is 0 Å². The number of amides is 1. The molecule has 0 aromatic heterocycles. The first kappa shape index (κ1) is 13.7. The van der Waals surface area contributed by atoms with Crippen molar-refractivity contribution < 1.29 is 9.90 Å². The van der Waals surface area contributed by atoms with E-state index in [9.17, 15) is 9.90 Å². The van der Waals surface area contributed by atoms with Gasteiger partial charge in [0, 0.05) is 6.54 Å². The van der Waals surface area contributed by atoms with Crippen LogP contribution in [-0.4, -0.2) is 11.0 Å². The quantitative estimate of drug-likeness (QED) is 0.908. The van der Waals surface area contributed by atoms with Gasteiger partial charge in [-0.3, -0.25) is 4.79 Å². The molecule has 1 aliphatic rings. The Morgan fingerprint density at radius 3 is 2.90 bits per heavy atom. The maximum absolute atomic E-state index is 12.4. The lowest BCUT2D eigenvalue weighted by Gasteiger charge is -2.24. The highest BCUT2D eigenvalue weighted by molar-refractivity contribution is 5.84. The predicted octanol–water partition coefficient (Wildman–Crippen LogP) is 3.13. The summed E-state index contributed by atoms with van der Waals surface area (Å²) in [4.78, 5) is 12.4. The first-order valence-corrected chi connectivity index (χ1v) is 7.37. The highest BCUT2D eigenvalue weighted by Gasteiger charge is 2.25. The van der Waals surface area contributed by atoms with Gasteiger partial charge >= 0.3 is 0 Å². The number of hydrogen-bond acceptors (Lipinski definition) is 2. The minimum Gasteiger partial charge on any atom is -0.508 e. The van der Waals surface area contributed by atoms with Gasteiger partial charge in [0.15, 0.2) is 0 Å². The van der Waals surface area contributed by atoms with Crippen molar-refractivity contribution in [2.75, 3.05) is 0 Å². The number of aromatic hydroxyl groups is 1. The molecule has 0 bridgehead atoms. The maximum Gasteiger partial charge on any atom is 0.227 e. The fourth-order valence-corrected chi connectivity index (χ4v) is 3.01. The van der Waals surface area contributed by atoms with Crippen molar-refractivity contribution in [2.45, 2.75) is 31.7 Å². The fourth-order valence-electron chi connectivity index (χ4n) is 3.01. The van der Waals surface area contributed by atoms with Gasteiger partial charge in [0.1, 0.15) is 5.75 Å². The summed E-state index contributed by atoms with van der Waals surface area (Å²) in [6, 6.07) is 15.2. The van der Waals surface area contributed by atoms with Crippen LogP contribution in [-0.2, 0) is 17.8 Å². The zero-order chi connectivity index (χ0) is 14.7. The van der Waals surface area contributed by atoms with E-state index in [0.29, 0.717) is 6.54 Å². The van der Waals surface area contributed by atoms with Crippen LogP contribution in [0.25, 0.3) is 0 Å². The van der Waals surface area contributed by atoms with Gasteiger partial charge in [-0.25, -0.2) is 0 Å². The predicted molar refractivity (Wildman–Crippen MR) is 82.1 cm³/mol. The number of hydrogen-bond donors (Lipinski definition) is 2. The standard InChI is InChI=1S/C18H19NO2/c20-15-8-3-5-13(11-15)12-19-18(21)17-10-4-7-14-6-1-2-9-16(14)17/h1-3,5-6,8-9,11,17,20H,4,7,10,12H2,(H,19,21). The van der Waals surface area contributed by atoms with E-state index in [0.717, 1.165) is 30.4 Å². The van der Waals surface area contributed by atoms with Crippen LogP contribution in [0.15, 0.2) is 48.5 Å². The summed E-state index contributed by atoms with van der Waals surface area (Å²) in [7, 11) is 0. The molecule has 2 aromatic carbocycles. The second-order valence-corrected chi connectivity index (χ2v) is 5.53. The maximum atomic E-state index is 12.4. The molecule has 0 saturated carbocycles. The Hall–Kier alpha value is -2.29. The molecule has 2 N–H and O–H groups in total. The fraction of sp³-hybridized carbons (Fsp3) is 0.278. The van der Waals surface area contributed by atoms with Crippen molar-refractivity contribution in [3.63, 3.8) is 0 Å². The van der Waals surface area contributed by atoms with Gasteiger partial charge in [-0.15, -0.1) is 0 Å². The molecule has 21 heavy (non-hydrogen) atoms. The SMILES string of the molecule is O=C(NCc1cccc(O)c1)C1CCCc2ccccc21. The van der Waals surface area contributed by atoms with Crippen LogP contribution in [0, 0.1) is 0 Å². The molecule has 0 fully saturated rings. The van der Waals surface area contributed by atoms with Gasteiger partial charge in [0.25, 0.3) is 0 Å². The minimum atomic E-state index is -0.0488. The zero-order valence-electron chi connectivity index (χ0n) is 11.9. The number of rotatable bonds is 3. The summed E-state index contributed by atoms with van der Waals surface area (Å²) in [5.74, 6) is 0.252. The Morgan fingerprint density at radius 2 is 2.05 bits per heavy atom. The number of phenolic OH excluding ortho intramolecular Hbond substituents is 1. The van der Waals surface area contributed by atoms with Crippen molar-refractivity contribution in [1.29, 1.82) is 0 Å². The Bertz CT molecular complexity index is 651. The van der Waals surface area contributed by atoms with Gasteiger partial charge in [-0.1, -0.05) is 36.4 Å². The summed E-state index contributed by atoms with van der Waals surface area (Å²) in [5.41, 5.74) is 3.37. The number of aryl methyl sites for hydroxylation is 1. The lowest BCUT2D eigenvalue weighted by molar-refractivity contribution is -0.123. The van der Waals surface area contributed by atoms with Crippen molar-refractivity contribution in [3.05, 3.63) is 65.2 Å². The molecule has 3 rings (SSSR count). The van der Waals surface area contributed by atoms with Gasteiger partial charge in [-0.05, 0) is 48.1 Å². The van der Waals surface area contributed by atoms with E-state index in [1.165, 1.54) is 5.56 Å². The zero-order valence-corrected chi connectivity index (χ0v) is 11.9. The molecule has 1 amide bonds. The van der Waals surface area contributed by atoms with Gasteiger partial charge in [0.2, 0.25) is 5.91 Å². The van der Waals surface area contributed by atoms with E-state index in [-0.39, 0.29) is 17.6 Å². The Balaban J connectivity index is 1.69. The highest BCUT2D eigenvalue weighted by Crippen LogP contribution is 2.31. The molecule has 1 unspecified atom stereocenters. The minimum absolute atomic E-state index is 0.0488. The molecule has 3 nitrogen and oxygen atoms in total. The Kier molecular flexibility index (Phi) is 3.91. The number of phenols is 1. The van der Waals surface area contributed by atoms with Crippen LogP contribution in [0.4, 0.5) is 0 Å². The monoisotopic (exact) mass is 281 g/mol. The van der Waals surface area contributed by atoms with Crippen LogP contribution < -0.4 is 5.32 Å². The largest absolute Gasteiger partial charge is 0.508 e. The number of carbonyl (C=O) groups is 1. The van der Waals surface area contributed by atoms with Crippen LogP contribution in [0.3, 0.4) is 0 Å². The van der Waals surface area contributed by atoms with E-state index in [2.05, 4.69) is 17.4 Å². The average molecular weight is 281 g/mol. The third-order valence-electron chi connectivity index (χ3n) is 4.06. The van der Waals surface area contributed by atoms with Crippen LogP contribution in [0.5, 0.6) is 5.75 Å². The topological polar surface area (TPSA) is 49.3 Å². The summed E-state index contributed by atoms with van der Waals surface area (Å²) >= 11 is 0. The van der Waals surface area contributed by atoms with Crippen molar-refractivity contribution >= 4 is 5.91 Å². The van der Waals surface area contributed by atoms with Crippen molar-refractivity contribution in [2.24, 2.45) is 0 Å².